The molecule has 1 N–H and O–H groups in total. The molecule has 0 radical (unpaired) electrons. The van der Waals surface area contributed by atoms with Gasteiger partial charge in [-0.25, -0.2) is 4.99 Å². The van der Waals surface area contributed by atoms with E-state index in [9.17, 15) is 4.57 Å². The lowest BCUT2D eigenvalue weighted by Crippen LogP contribution is -2.07. The van der Waals surface area contributed by atoms with Crippen LogP contribution in [0.3, 0.4) is 0 Å². The average Bonchev–Trinajstić information content (AvgIpc) is 2.96. The van der Waals surface area contributed by atoms with E-state index in [1.807, 2.05) is 49.5 Å². The van der Waals surface area contributed by atoms with E-state index < -0.39 is 7.60 Å². The van der Waals surface area contributed by atoms with E-state index in [4.69, 9.17) is 9.05 Å². The number of aromatic amines is 1. The molecule has 6 nitrogen and oxygen atoms in total. The highest BCUT2D eigenvalue weighted by Crippen LogP contribution is 2.52. The molecule has 0 aliphatic rings. The molecule has 0 atom stereocenters. The van der Waals surface area contributed by atoms with Crippen molar-refractivity contribution in [3.63, 3.8) is 0 Å². The van der Waals surface area contributed by atoms with E-state index in [2.05, 4.69) is 9.98 Å². The summed E-state index contributed by atoms with van der Waals surface area (Å²) >= 11 is 0. The Labute approximate surface area is 142 Å². The van der Waals surface area contributed by atoms with Gasteiger partial charge >= 0.3 is 7.60 Å². The van der Waals surface area contributed by atoms with Gasteiger partial charge in [-0.15, -0.1) is 0 Å². The Hall–Kier alpha value is -1.88. The number of aromatic nitrogens is 1. The van der Waals surface area contributed by atoms with Gasteiger partial charge in [0, 0.05) is 36.8 Å². The summed E-state index contributed by atoms with van der Waals surface area (Å²) in [7, 11) is 0.389. The summed E-state index contributed by atoms with van der Waals surface area (Å²) in [5.41, 5.74) is 2.39. The highest BCUT2D eigenvalue weighted by molar-refractivity contribution is 7.57. The predicted octanol–water partition coefficient (Wildman–Crippen LogP) is 4.32. The molecule has 0 aliphatic carbocycles. The molecule has 0 fully saturated rings. The second kappa shape index (κ2) is 8.29. The number of para-hydroxylation sites is 1. The van der Waals surface area contributed by atoms with Crippen molar-refractivity contribution in [3.05, 3.63) is 41.8 Å². The smallest absolute Gasteiger partial charge is 0.356 e. The normalized spacial score (nSPS) is 13.1. The van der Waals surface area contributed by atoms with Gasteiger partial charge in [-0.1, -0.05) is 18.2 Å². The van der Waals surface area contributed by atoms with E-state index in [1.165, 1.54) is 5.82 Å². The number of hydrogen-bond donors (Lipinski definition) is 1. The number of benzene rings is 1. The first-order valence-electron chi connectivity index (χ1n) is 7.88. The molecule has 7 heteroatoms. The van der Waals surface area contributed by atoms with Gasteiger partial charge in [0.15, 0.2) is 0 Å². The maximum atomic E-state index is 12.9. The van der Waals surface area contributed by atoms with Crippen molar-refractivity contribution >= 4 is 30.5 Å². The van der Waals surface area contributed by atoms with Gasteiger partial charge in [-0.05, 0) is 19.9 Å². The third-order valence-corrected chi connectivity index (χ3v) is 4.99. The van der Waals surface area contributed by atoms with Gasteiger partial charge in [0.1, 0.15) is 0 Å². The first-order valence-corrected chi connectivity index (χ1v) is 9.49. The van der Waals surface area contributed by atoms with E-state index in [0.717, 1.165) is 16.5 Å². The van der Waals surface area contributed by atoms with Crippen LogP contribution in [0.5, 0.6) is 0 Å². The Morgan fingerprint density at radius 2 is 1.92 bits per heavy atom. The van der Waals surface area contributed by atoms with Crippen LogP contribution in [0.4, 0.5) is 0 Å². The molecule has 24 heavy (non-hydrogen) atoms. The third kappa shape index (κ3) is 4.57. The van der Waals surface area contributed by atoms with Crippen LogP contribution in [-0.4, -0.2) is 43.5 Å². The molecule has 0 amide bonds. The molecule has 0 bridgehead atoms. The van der Waals surface area contributed by atoms with Crippen LogP contribution >= 0.6 is 7.60 Å². The number of fused-ring (bicyclic) bond motifs is 1. The fraction of sp³-hybridized carbons (Fsp3) is 0.353. The molecule has 0 aliphatic heterocycles. The lowest BCUT2D eigenvalue weighted by Gasteiger charge is -2.14. The summed E-state index contributed by atoms with van der Waals surface area (Å²) in [5, 5.41) is 0.999. The standard InChI is InChI=1S/C17H24N3O3P/c1-5-22-24(21,23-6-2)12-17(19-13-20(3)4)15-11-18-16-10-8-7-9-14(15)16/h7-13,18H,5-6H2,1-4H3/b17-12+,19-13?. The molecule has 2 rings (SSSR count). The van der Waals surface area contributed by atoms with Gasteiger partial charge in [-0.2, -0.15) is 0 Å². The van der Waals surface area contributed by atoms with E-state index in [-0.39, 0.29) is 0 Å². The number of nitrogens with one attached hydrogen (secondary N) is 1. The van der Waals surface area contributed by atoms with Crippen LogP contribution in [0.15, 0.2) is 41.3 Å². The van der Waals surface area contributed by atoms with Gasteiger partial charge in [0.25, 0.3) is 0 Å². The largest absolute Gasteiger partial charge is 0.369 e. The van der Waals surface area contributed by atoms with Crippen molar-refractivity contribution in [2.45, 2.75) is 13.8 Å². The van der Waals surface area contributed by atoms with Gasteiger partial charge in [0.05, 0.1) is 31.1 Å². The van der Waals surface area contributed by atoms with Crippen LogP contribution < -0.4 is 0 Å². The molecule has 1 aromatic heterocycles. The number of aliphatic imine (C=N–C) groups is 1. The zero-order valence-electron chi connectivity index (χ0n) is 14.5. The predicted molar refractivity (Wildman–Crippen MR) is 99.3 cm³/mol. The van der Waals surface area contributed by atoms with Crippen molar-refractivity contribution < 1.29 is 13.6 Å². The molecular formula is C17H24N3O3P. The van der Waals surface area contributed by atoms with E-state index >= 15 is 0 Å². The van der Waals surface area contributed by atoms with Crippen molar-refractivity contribution in [3.8, 4) is 0 Å². The van der Waals surface area contributed by atoms with Gasteiger partial charge in [-0.3, -0.25) is 4.57 Å². The fourth-order valence-electron chi connectivity index (χ4n) is 2.25. The first kappa shape index (κ1) is 18.5. The molecule has 130 valence electrons. The van der Waals surface area contributed by atoms with Crippen molar-refractivity contribution in [2.75, 3.05) is 27.3 Å². The molecule has 2 aromatic rings. The summed E-state index contributed by atoms with van der Waals surface area (Å²) in [6.45, 7) is 4.17. The monoisotopic (exact) mass is 349 g/mol. The summed E-state index contributed by atoms with van der Waals surface area (Å²) in [6, 6.07) is 7.89. The minimum Gasteiger partial charge on any atom is -0.369 e. The minimum atomic E-state index is -3.36. The molecule has 0 saturated heterocycles. The number of hydrogen-bond acceptors (Lipinski definition) is 4. The maximum absolute atomic E-state index is 12.9. The van der Waals surface area contributed by atoms with Crippen molar-refractivity contribution in [2.24, 2.45) is 4.99 Å². The summed E-state index contributed by atoms with van der Waals surface area (Å²) in [6.07, 6.45) is 3.52. The zero-order valence-corrected chi connectivity index (χ0v) is 15.4. The summed E-state index contributed by atoms with van der Waals surface area (Å²) in [4.78, 5) is 9.50. The van der Waals surface area contributed by atoms with E-state index in [0.29, 0.717) is 18.9 Å². The third-order valence-electron chi connectivity index (χ3n) is 3.19. The lowest BCUT2D eigenvalue weighted by molar-refractivity contribution is 0.229. The highest BCUT2D eigenvalue weighted by Gasteiger charge is 2.23. The van der Waals surface area contributed by atoms with E-state index in [1.54, 1.807) is 20.2 Å². The maximum Gasteiger partial charge on any atom is 0.356 e. The van der Waals surface area contributed by atoms with Gasteiger partial charge in [0.2, 0.25) is 0 Å². The Balaban J connectivity index is 2.56. The molecule has 0 saturated carbocycles. The summed E-state index contributed by atoms with van der Waals surface area (Å²) < 4.78 is 23.6. The molecule has 0 spiro atoms. The number of H-pyrrole nitrogens is 1. The SMILES string of the molecule is CCOP(=O)(/C=C(/N=CN(C)C)c1c[nH]c2ccccc12)OCC. The minimum absolute atomic E-state index is 0.298. The zero-order chi connectivity index (χ0) is 17.6. The van der Waals surface area contributed by atoms with Crippen molar-refractivity contribution in [1.82, 2.24) is 9.88 Å². The average molecular weight is 349 g/mol. The van der Waals surface area contributed by atoms with Crippen LogP contribution in [0.1, 0.15) is 19.4 Å². The topological polar surface area (TPSA) is 66.9 Å². The summed E-state index contributed by atoms with van der Waals surface area (Å²) in [5.74, 6) is 1.50. The second-order valence-electron chi connectivity index (χ2n) is 5.35. The molecular weight excluding hydrogens is 325 g/mol. The number of nitrogens with zero attached hydrogens (tertiary/aromatic N) is 2. The van der Waals surface area contributed by atoms with Crippen LogP contribution in [0.2, 0.25) is 0 Å². The Bertz CT molecular complexity index is 770. The Morgan fingerprint density at radius 3 is 2.54 bits per heavy atom. The Morgan fingerprint density at radius 1 is 1.25 bits per heavy atom. The van der Waals surface area contributed by atoms with Crippen LogP contribution in [-0.2, 0) is 13.6 Å². The van der Waals surface area contributed by atoms with Gasteiger partial charge < -0.3 is 18.9 Å². The van der Waals surface area contributed by atoms with Crippen LogP contribution in [0.25, 0.3) is 16.6 Å². The number of rotatable bonds is 8. The second-order valence-corrected chi connectivity index (χ2v) is 7.20. The lowest BCUT2D eigenvalue weighted by atomic mass is 10.1. The molecule has 1 heterocycles. The fourth-order valence-corrected chi connectivity index (χ4v) is 3.70. The van der Waals surface area contributed by atoms with Crippen LogP contribution in [0, 0.1) is 0 Å². The first-order chi connectivity index (χ1) is 11.5. The molecule has 0 unspecified atom stereocenters. The van der Waals surface area contributed by atoms with Crippen molar-refractivity contribution in [1.29, 1.82) is 0 Å². The highest BCUT2D eigenvalue weighted by atomic mass is 31.2. The molecule has 1 aromatic carbocycles. The Kier molecular flexibility index (Phi) is 6.37. The quantitative estimate of drug-likeness (QED) is 0.438.